The van der Waals surface area contributed by atoms with Gasteiger partial charge >= 0.3 is 0 Å². The van der Waals surface area contributed by atoms with Gasteiger partial charge < -0.3 is 15.0 Å². The second-order valence-corrected chi connectivity index (χ2v) is 11.0. The van der Waals surface area contributed by atoms with Gasteiger partial charge in [-0.1, -0.05) is 29.8 Å². The van der Waals surface area contributed by atoms with Crippen LogP contribution < -0.4 is 10.2 Å². The number of hydrogen-bond acceptors (Lipinski definition) is 6. The maximum absolute atomic E-state index is 13.4. The van der Waals surface area contributed by atoms with Crippen LogP contribution in [0, 0.1) is 6.92 Å². The van der Waals surface area contributed by atoms with Crippen LogP contribution in [0.3, 0.4) is 0 Å². The van der Waals surface area contributed by atoms with Gasteiger partial charge in [0.2, 0.25) is 5.91 Å². The first kappa shape index (κ1) is 23.4. The number of hydrogen-bond donors (Lipinski definition) is 1. The Kier molecular flexibility index (Phi) is 6.71. The summed E-state index contributed by atoms with van der Waals surface area (Å²) in [5, 5.41) is 6.93. The highest BCUT2D eigenvalue weighted by Crippen LogP contribution is 2.42. The van der Waals surface area contributed by atoms with Crippen molar-refractivity contribution in [3.63, 3.8) is 0 Å². The number of Topliss-reactive ketones (excluding diaryl/α,β-unsaturated/α-hetero) is 1. The maximum atomic E-state index is 13.4. The molecule has 3 heterocycles. The Morgan fingerprint density at radius 2 is 1.85 bits per heavy atom. The molecule has 8 heteroatoms. The fourth-order valence-electron chi connectivity index (χ4n) is 4.57. The topological polar surface area (TPSA) is 58.6 Å². The van der Waals surface area contributed by atoms with E-state index in [1.54, 1.807) is 11.3 Å². The number of nitrogens with one attached hydrogen (secondary N) is 1. The third-order valence-electron chi connectivity index (χ3n) is 6.39. The largest absolute Gasteiger partial charge is 0.378 e. The Balaban J connectivity index is 1.44. The monoisotopic (exact) mass is 512 g/mol. The molecule has 5 nitrogen and oxygen atoms in total. The molecule has 0 saturated carbocycles. The highest BCUT2D eigenvalue weighted by molar-refractivity contribution is 8.01. The van der Waals surface area contributed by atoms with E-state index in [4.69, 9.17) is 16.3 Å². The molecule has 2 aliphatic rings. The van der Waals surface area contributed by atoms with Crippen molar-refractivity contribution in [3.8, 4) is 0 Å². The molecule has 2 unspecified atom stereocenters. The Morgan fingerprint density at radius 3 is 2.50 bits per heavy atom. The standard InChI is InChI=1S/C26H25ClN2O3S2/c1-17-2-7-23(21(27)14-17)34-24-22(30)15-26(28-25(24)31,19-8-13-33-16-19)18-3-5-20(6-4-18)29-9-11-32-12-10-29/h2-8,13-14,16,24H,9-12,15H2,1H3,(H,28,31). The second kappa shape index (κ2) is 9.74. The summed E-state index contributed by atoms with van der Waals surface area (Å²) in [5.74, 6) is -0.393. The number of thioether (sulfide) groups is 1. The van der Waals surface area contributed by atoms with Crippen LogP contribution in [-0.2, 0) is 19.9 Å². The quantitative estimate of drug-likeness (QED) is 0.485. The summed E-state index contributed by atoms with van der Waals surface area (Å²) < 4.78 is 5.46. The lowest BCUT2D eigenvalue weighted by Crippen LogP contribution is -2.57. The molecule has 2 fully saturated rings. The number of aryl methyl sites for hydroxylation is 1. The van der Waals surface area contributed by atoms with Crippen molar-refractivity contribution in [2.75, 3.05) is 31.2 Å². The third-order valence-corrected chi connectivity index (χ3v) is 8.82. The number of rotatable bonds is 5. The van der Waals surface area contributed by atoms with E-state index < -0.39 is 10.8 Å². The summed E-state index contributed by atoms with van der Waals surface area (Å²) in [4.78, 5) is 29.8. The van der Waals surface area contributed by atoms with Gasteiger partial charge in [-0.2, -0.15) is 11.3 Å². The molecule has 2 atom stereocenters. The Hall–Kier alpha value is -2.32. The number of benzene rings is 2. The van der Waals surface area contributed by atoms with E-state index in [0.29, 0.717) is 5.02 Å². The van der Waals surface area contributed by atoms with E-state index in [2.05, 4.69) is 22.3 Å². The van der Waals surface area contributed by atoms with E-state index >= 15 is 0 Å². The number of carbonyl (C=O) groups excluding carboxylic acids is 2. The number of halogens is 1. The summed E-state index contributed by atoms with van der Waals surface area (Å²) in [6.45, 7) is 5.10. The normalized spacial score (nSPS) is 23.1. The molecular formula is C26H25ClN2O3S2. The lowest BCUT2D eigenvalue weighted by atomic mass is 9.77. The zero-order valence-corrected chi connectivity index (χ0v) is 21.1. The number of amides is 1. The van der Waals surface area contributed by atoms with E-state index in [-0.39, 0.29) is 18.1 Å². The number of ether oxygens (including phenoxy) is 1. The molecule has 3 aromatic rings. The molecule has 1 N–H and O–H groups in total. The summed E-state index contributed by atoms with van der Waals surface area (Å²) in [5.41, 5.74) is 3.09. The Bertz CT molecular complexity index is 1170. The average molecular weight is 513 g/mol. The van der Waals surface area contributed by atoms with Crippen molar-refractivity contribution in [2.45, 2.75) is 29.0 Å². The fourth-order valence-corrected chi connectivity index (χ4v) is 6.62. The van der Waals surface area contributed by atoms with Crippen LogP contribution in [0.5, 0.6) is 0 Å². The molecule has 1 amide bonds. The van der Waals surface area contributed by atoms with Crippen LogP contribution in [0.4, 0.5) is 5.69 Å². The zero-order chi connectivity index (χ0) is 23.7. The van der Waals surface area contributed by atoms with Crippen LogP contribution in [0.15, 0.2) is 64.2 Å². The van der Waals surface area contributed by atoms with E-state index in [1.807, 2.05) is 54.1 Å². The summed E-state index contributed by atoms with van der Waals surface area (Å²) >= 11 is 9.16. The van der Waals surface area contributed by atoms with Crippen LogP contribution in [-0.4, -0.2) is 43.2 Å². The number of anilines is 1. The Morgan fingerprint density at radius 1 is 1.09 bits per heavy atom. The maximum Gasteiger partial charge on any atom is 0.242 e. The lowest BCUT2D eigenvalue weighted by Gasteiger charge is -2.40. The van der Waals surface area contributed by atoms with Gasteiger partial charge in [-0.15, -0.1) is 11.8 Å². The van der Waals surface area contributed by atoms with Gasteiger partial charge in [-0.3, -0.25) is 9.59 Å². The van der Waals surface area contributed by atoms with E-state index in [1.165, 1.54) is 11.8 Å². The Labute approximate surface area is 212 Å². The molecule has 176 valence electrons. The molecule has 0 radical (unpaired) electrons. The van der Waals surface area contributed by atoms with Crippen LogP contribution in [0.25, 0.3) is 0 Å². The summed E-state index contributed by atoms with van der Waals surface area (Å²) in [6, 6.07) is 15.8. The van der Waals surface area contributed by atoms with E-state index in [0.717, 1.165) is 53.6 Å². The summed E-state index contributed by atoms with van der Waals surface area (Å²) in [7, 11) is 0. The number of nitrogens with zero attached hydrogens (tertiary/aromatic N) is 1. The molecule has 2 aromatic carbocycles. The summed E-state index contributed by atoms with van der Waals surface area (Å²) in [6.07, 6.45) is 0.188. The zero-order valence-electron chi connectivity index (χ0n) is 18.8. The van der Waals surface area contributed by atoms with Crippen LogP contribution in [0.1, 0.15) is 23.1 Å². The van der Waals surface area contributed by atoms with Crippen molar-refractivity contribution in [1.29, 1.82) is 0 Å². The fraction of sp³-hybridized carbons (Fsp3) is 0.308. The van der Waals surface area contributed by atoms with Gasteiger partial charge in [0, 0.05) is 30.1 Å². The molecule has 2 aliphatic heterocycles. The number of piperidine rings is 1. The first-order valence-corrected chi connectivity index (χ1v) is 13.4. The lowest BCUT2D eigenvalue weighted by molar-refractivity contribution is -0.132. The molecule has 34 heavy (non-hydrogen) atoms. The minimum atomic E-state index is -0.883. The van der Waals surface area contributed by atoms with Crippen LogP contribution >= 0.6 is 34.7 Å². The molecule has 5 rings (SSSR count). The predicted molar refractivity (Wildman–Crippen MR) is 138 cm³/mol. The number of thiophene rings is 1. The second-order valence-electron chi connectivity index (χ2n) is 8.63. The number of morpholine rings is 1. The highest BCUT2D eigenvalue weighted by Gasteiger charge is 2.47. The van der Waals surface area contributed by atoms with Crippen molar-refractivity contribution in [3.05, 3.63) is 81.0 Å². The van der Waals surface area contributed by atoms with Gasteiger partial charge in [0.15, 0.2) is 5.78 Å². The van der Waals surface area contributed by atoms with Crippen LogP contribution in [0.2, 0.25) is 5.02 Å². The minimum absolute atomic E-state index is 0.103. The third kappa shape index (κ3) is 4.50. The first-order chi connectivity index (χ1) is 16.5. The smallest absolute Gasteiger partial charge is 0.242 e. The van der Waals surface area contributed by atoms with Gasteiger partial charge in [-0.05, 0) is 64.7 Å². The van der Waals surface area contributed by atoms with E-state index in [9.17, 15) is 9.59 Å². The molecule has 0 spiro atoms. The molecule has 0 bridgehead atoms. The number of ketones is 1. The van der Waals surface area contributed by atoms with Crippen molar-refractivity contribution >= 4 is 52.1 Å². The predicted octanol–water partition coefficient (Wildman–Crippen LogP) is 5.04. The van der Waals surface area contributed by atoms with Crippen molar-refractivity contribution in [2.24, 2.45) is 0 Å². The molecule has 0 aliphatic carbocycles. The number of carbonyl (C=O) groups is 2. The van der Waals surface area contributed by atoms with Crippen molar-refractivity contribution < 1.29 is 14.3 Å². The molecule has 2 saturated heterocycles. The average Bonchev–Trinajstić information content (AvgIpc) is 3.39. The molecular weight excluding hydrogens is 488 g/mol. The first-order valence-electron chi connectivity index (χ1n) is 11.2. The van der Waals surface area contributed by atoms with Gasteiger partial charge in [0.1, 0.15) is 5.25 Å². The van der Waals surface area contributed by atoms with Gasteiger partial charge in [-0.25, -0.2) is 0 Å². The highest BCUT2D eigenvalue weighted by atomic mass is 35.5. The SMILES string of the molecule is Cc1ccc(SC2C(=O)CC(c3ccc(N4CCOCC4)cc3)(c3ccsc3)NC2=O)c(Cl)c1. The van der Waals surface area contributed by atoms with Gasteiger partial charge in [0.05, 0.1) is 23.8 Å². The minimum Gasteiger partial charge on any atom is -0.378 e. The molecule has 1 aromatic heterocycles. The van der Waals surface area contributed by atoms with Gasteiger partial charge in [0.25, 0.3) is 0 Å². The van der Waals surface area contributed by atoms with Crippen molar-refractivity contribution in [1.82, 2.24) is 5.32 Å².